The maximum atomic E-state index is 12.6. The van der Waals surface area contributed by atoms with Gasteiger partial charge in [-0.3, -0.25) is 19.3 Å². The van der Waals surface area contributed by atoms with Gasteiger partial charge in [-0.1, -0.05) is 12.1 Å². The SMILES string of the molecule is C[C@@H](C(=O)Nc1ccc(-n2cccn2)nc1)N1C(=O)c2ccccc2C1=O. The van der Waals surface area contributed by atoms with E-state index in [1.54, 1.807) is 59.5 Å². The van der Waals surface area contributed by atoms with Crippen LogP contribution in [-0.2, 0) is 4.79 Å². The molecule has 0 bridgehead atoms. The summed E-state index contributed by atoms with van der Waals surface area (Å²) >= 11 is 0. The maximum absolute atomic E-state index is 12.6. The molecule has 1 aliphatic heterocycles. The number of imide groups is 1. The lowest BCUT2D eigenvalue weighted by Crippen LogP contribution is -2.45. The predicted octanol–water partition coefficient (Wildman–Crippen LogP) is 1.89. The first-order chi connectivity index (χ1) is 13.1. The van der Waals surface area contributed by atoms with Crippen LogP contribution in [-0.4, -0.2) is 43.4 Å². The van der Waals surface area contributed by atoms with Gasteiger partial charge in [0.2, 0.25) is 5.91 Å². The van der Waals surface area contributed by atoms with Crippen LogP contribution in [0.2, 0.25) is 0 Å². The Morgan fingerprint density at radius 2 is 1.74 bits per heavy atom. The van der Waals surface area contributed by atoms with Gasteiger partial charge in [0, 0.05) is 12.4 Å². The molecule has 1 aliphatic rings. The normalized spacial score (nSPS) is 14.2. The summed E-state index contributed by atoms with van der Waals surface area (Å²) in [5.74, 6) is -0.805. The van der Waals surface area contributed by atoms with E-state index in [0.29, 0.717) is 22.6 Å². The minimum absolute atomic E-state index is 0.312. The zero-order chi connectivity index (χ0) is 19.0. The van der Waals surface area contributed by atoms with Crippen molar-refractivity contribution in [1.82, 2.24) is 19.7 Å². The molecule has 0 saturated carbocycles. The molecule has 0 radical (unpaired) electrons. The van der Waals surface area contributed by atoms with E-state index in [2.05, 4.69) is 15.4 Å². The Morgan fingerprint density at radius 3 is 2.30 bits per heavy atom. The summed E-state index contributed by atoms with van der Waals surface area (Å²) in [4.78, 5) is 42.7. The Hall–Kier alpha value is -3.81. The van der Waals surface area contributed by atoms with Gasteiger partial charge in [-0.2, -0.15) is 5.10 Å². The van der Waals surface area contributed by atoms with Crippen LogP contribution < -0.4 is 5.32 Å². The van der Waals surface area contributed by atoms with Gasteiger partial charge in [-0.15, -0.1) is 0 Å². The second kappa shape index (κ2) is 6.49. The second-order valence-corrected chi connectivity index (χ2v) is 6.05. The van der Waals surface area contributed by atoms with E-state index in [4.69, 9.17) is 0 Å². The lowest BCUT2D eigenvalue weighted by Gasteiger charge is -2.21. The monoisotopic (exact) mass is 361 g/mol. The molecular weight excluding hydrogens is 346 g/mol. The molecule has 8 nitrogen and oxygen atoms in total. The molecule has 4 rings (SSSR count). The number of nitrogens with zero attached hydrogens (tertiary/aromatic N) is 4. The minimum Gasteiger partial charge on any atom is -0.323 e. The number of carbonyl (C=O) groups is 3. The Labute approximate surface area is 154 Å². The maximum Gasteiger partial charge on any atom is 0.262 e. The van der Waals surface area contributed by atoms with Gasteiger partial charge >= 0.3 is 0 Å². The summed E-state index contributed by atoms with van der Waals surface area (Å²) in [7, 11) is 0. The molecule has 3 amide bonds. The lowest BCUT2D eigenvalue weighted by molar-refractivity contribution is -0.119. The van der Waals surface area contributed by atoms with Crippen molar-refractivity contribution in [3.8, 4) is 5.82 Å². The van der Waals surface area contributed by atoms with Crippen molar-refractivity contribution in [1.29, 1.82) is 0 Å². The zero-order valence-electron chi connectivity index (χ0n) is 14.4. The number of anilines is 1. The van der Waals surface area contributed by atoms with Crippen molar-refractivity contribution in [3.63, 3.8) is 0 Å². The van der Waals surface area contributed by atoms with Crippen molar-refractivity contribution in [3.05, 3.63) is 72.2 Å². The number of benzene rings is 1. The predicted molar refractivity (Wildman–Crippen MR) is 96.4 cm³/mol. The Bertz CT molecular complexity index is 993. The van der Waals surface area contributed by atoms with E-state index in [0.717, 1.165) is 4.90 Å². The molecule has 134 valence electrons. The third kappa shape index (κ3) is 2.86. The molecule has 2 aromatic heterocycles. The van der Waals surface area contributed by atoms with Gasteiger partial charge < -0.3 is 5.32 Å². The largest absolute Gasteiger partial charge is 0.323 e. The first-order valence-electron chi connectivity index (χ1n) is 8.30. The molecule has 1 aromatic carbocycles. The smallest absolute Gasteiger partial charge is 0.262 e. The number of amides is 3. The number of pyridine rings is 1. The molecule has 1 N–H and O–H groups in total. The summed E-state index contributed by atoms with van der Waals surface area (Å²) < 4.78 is 1.59. The van der Waals surface area contributed by atoms with Crippen LogP contribution in [0.5, 0.6) is 0 Å². The van der Waals surface area contributed by atoms with Crippen LogP contribution in [0.3, 0.4) is 0 Å². The molecular formula is C19H15N5O3. The van der Waals surface area contributed by atoms with Crippen molar-refractivity contribution in [2.24, 2.45) is 0 Å². The van der Waals surface area contributed by atoms with Crippen LogP contribution in [0.15, 0.2) is 61.1 Å². The molecule has 8 heteroatoms. The standard InChI is InChI=1S/C19H15N5O3/c1-12(24-18(26)14-5-2-3-6-15(14)19(24)27)17(25)22-13-7-8-16(20-11-13)23-10-4-9-21-23/h2-12H,1H3,(H,22,25)/t12-/m0/s1. The topological polar surface area (TPSA) is 97.2 Å². The highest BCUT2D eigenvalue weighted by Crippen LogP contribution is 2.25. The lowest BCUT2D eigenvalue weighted by atomic mass is 10.1. The van der Waals surface area contributed by atoms with Crippen molar-refractivity contribution < 1.29 is 14.4 Å². The molecule has 3 heterocycles. The van der Waals surface area contributed by atoms with Crippen LogP contribution in [0.25, 0.3) is 5.82 Å². The molecule has 0 fully saturated rings. The first kappa shape index (κ1) is 16.6. The van der Waals surface area contributed by atoms with E-state index in [9.17, 15) is 14.4 Å². The van der Waals surface area contributed by atoms with Gasteiger partial charge in [-0.25, -0.2) is 9.67 Å². The summed E-state index contributed by atoms with van der Waals surface area (Å²) in [6.45, 7) is 1.52. The van der Waals surface area contributed by atoms with Crippen molar-refractivity contribution >= 4 is 23.4 Å². The Kier molecular flexibility index (Phi) is 4.00. The van der Waals surface area contributed by atoms with Gasteiger partial charge in [0.1, 0.15) is 6.04 Å². The number of nitrogens with one attached hydrogen (secondary N) is 1. The number of rotatable bonds is 4. The fraction of sp³-hybridized carbons (Fsp3) is 0.105. The molecule has 27 heavy (non-hydrogen) atoms. The highest BCUT2D eigenvalue weighted by atomic mass is 16.2. The van der Waals surface area contributed by atoms with E-state index in [1.807, 2.05) is 0 Å². The average Bonchev–Trinajstić information content (AvgIpc) is 3.30. The summed E-state index contributed by atoms with van der Waals surface area (Å²) in [6.07, 6.45) is 4.88. The fourth-order valence-electron chi connectivity index (χ4n) is 2.92. The van der Waals surface area contributed by atoms with Crippen LogP contribution in [0.4, 0.5) is 5.69 Å². The third-order valence-corrected chi connectivity index (χ3v) is 4.35. The van der Waals surface area contributed by atoms with E-state index < -0.39 is 23.8 Å². The molecule has 3 aromatic rings. The van der Waals surface area contributed by atoms with Crippen LogP contribution in [0, 0.1) is 0 Å². The zero-order valence-corrected chi connectivity index (χ0v) is 14.4. The summed E-state index contributed by atoms with van der Waals surface area (Å²) in [5, 5.41) is 6.76. The molecule has 0 aliphatic carbocycles. The van der Waals surface area contributed by atoms with Gasteiger partial charge in [0.05, 0.1) is 23.0 Å². The van der Waals surface area contributed by atoms with Crippen LogP contribution in [0.1, 0.15) is 27.6 Å². The quantitative estimate of drug-likeness (QED) is 0.716. The van der Waals surface area contributed by atoms with E-state index >= 15 is 0 Å². The molecule has 0 spiro atoms. The average molecular weight is 361 g/mol. The number of aromatic nitrogens is 3. The minimum atomic E-state index is -0.955. The number of fused-ring (bicyclic) bond motifs is 1. The number of carbonyl (C=O) groups excluding carboxylic acids is 3. The Morgan fingerprint density at radius 1 is 1.04 bits per heavy atom. The second-order valence-electron chi connectivity index (χ2n) is 6.05. The van der Waals surface area contributed by atoms with Crippen LogP contribution >= 0.6 is 0 Å². The van der Waals surface area contributed by atoms with Gasteiger partial charge in [0.25, 0.3) is 11.8 Å². The Balaban J connectivity index is 1.49. The van der Waals surface area contributed by atoms with Gasteiger partial charge in [-0.05, 0) is 37.3 Å². The summed E-state index contributed by atoms with van der Waals surface area (Å²) in [6, 6.07) is 10.7. The number of hydrogen-bond donors (Lipinski definition) is 1. The highest BCUT2D eigenvalue weighted by Gasteiger charge is 2.40. The highest BCUT2D eigenvalue weighted by molar-refractivity contribution is 6.23. The van der Waals surface area contributed by atoms with E-state index in [-0.39, 0.29) is 0 Å². The fourth-order valence-corrected chi connectivity index (χ4v) is 2.92. The molecule has 0 unspecified atom stereocenters. The third-order valence-electron chi connectivity index (χ3n) is 4.35. The van der Waals surface area contributed by atoms with Crippen molar-refractivity contribution in [2.45, 2.75) is 13.0 Å². The number of hydrogen-bond acceptors (Lipinski definition) is 5. The summed E-state index contributed by atoms with van der Waals surface area (Å²) in [5.41, 5.74) is 1.08. The van der Waals surface area contributed by atoms with Crippen molar-refractivity contribution in [2.75, 3.05) is 5.32 Å². The molecule has 0 saturated heterocycles. The van der Waals surface area contributed by atoms with Gasteiger partial charge in [0.15, 0.2) is 5.82 Å². The van der Waals surface area contributed by atoms with E-state index in [1.165, 1.54) is 13.1 Å². The molecule has 1 atom stereocenters. The first-order valence-corrected chi connectivity index (χ1v) is 8.30.